The summed E-state index contributed by atoms with van der Waals surface area (Å²) < 4.78 is 0. The normalized spacial score (nSPS) is 14.3. The SMILES string of the molecule is C[NH+](C)CC(=O)Nc1sc2c(c1C(=O)[O-])CCCC2. The molecule has 0 fully saturated rings. The minimum atomic E-state index is -1.19. The summed E-state index contributed by atoms with van der Waals surface area (Å²) in [5.74, 6) is -1.35. The second kappa shape index (κ2) is 5.71. The Labute approximate surface area is 116 Å². The quantitative estimate of drug-likeness (QED) is 0.749. The molecular formula is C13H18N2O3S. The van der Waals surface area contributed by atoms with Crippen LogP contribution in [0.5, 0.6) is 0 Å². The highest BCUT2D eigenvalue weighted by Crippen LogP contribution is 2.37. The topological polar surface area (TPSA) is 73.7 Å². The van der Waals surface area contributed by atoms with E-state index in [2.05, 4.69) is 5.32 Å². The van der Waals surface area contributed by atoms with Crippen molar-refractivity contribution in [2.24, 2.45) is 0 Å². The molecule has 0 spiro atoms. The lowest BCUT2D eigenvalue weighted by Crippen LogP contribution is -3.06. The molecule has 1 aromatic rings. The average molecular weight is 282 g/mol. The number of anilines is 1. The molecule has 2 rings (SSSR count). The van der Waals surface area contributed by atoms with Gasteiger partial charge in [-0.15, -0.1) is 11.3 Å². The molecule has 6 heteroatoms. The van der Waals surface area contributed by atoms with Gasteiger partial charge in [-0.2, -0.15) is 0 Å². The molecule has 0 saturated carbocycles. The fraction of sp³-hybridized carbons (Fsp3) is 0.538. The Morgan fingerprint density at radius 3 is 2.63 bits per heavy atom. The number of carboxylic acid groups (broad SMARTS) is 1. The maximum atomic E-state index is 11.8. The van der Waals surface area contributed by atoms with Crippen molar-refractivity contribution < 1.29 is 19.6 Å². The molecule has 0 aliphatic heterocycles. The van der Waals surface area contributed by atoms with Gasteiger partial charge in [0.15, 0.2) is 6.54 Å². The first-order valence-corrected chi connectivity index (χ1v) is 7.25. The first-order valence-electron chi connectivity index (χ1n) is 6.43. The number of amides is 1. The highest BCUT2D eigenvalue weighted by atomic mass is 32.1. The van der Waals surface area contributed by atoms with E-state index in [0.29, 0.717) is 11.5 Å². The van der Waals surface area contributed by atoms with Gasteiger partial charge in [-0.3, -0.25) is 4.79 Å². The molecule has 0 atom stereocenters. The van der Waals surface area contributed by atoms with Gasteiger partial charge >= 0.3 is 0 Å². The number of quaternary nitrogens is 1. The van der Waals surface area contributed by atoms with Crippen LogP contribution in [-0.2, 0) is 17.6 Å². The highest BCUT2D eigenvalue weighted by Gasteiger charge is 2.22. The summed E-state index contributed by atoms with van der Waals surface area (Å²) in [5.41, 5.74) is 1.06. The summed E-state index contributed by atoms with van der Waals surface area (Å²) in [6.07, 6.45) is 3.74. The lowest BCUT2D eigenvalue weighted by Gasteiger charge is -2.13. The van der Waals surface area contributed by atoms with Crippen LogP contribution in [0.15, 0.2) is 0 Å². The summed E-state index contributed by atoms with van der Waals surface area (Å²) >= 11 is 1.38. The molecule has 1 heterocycles. The first kappa shape index (κ1) is 14.0. The number of hydrogen-bond donors (Lipinski definition) is 2. The molecule has 1 aliphatic carbocycles. The lowest BCUT2D eigenvalue weighted by molar-refractivity contribution is -0.849. The van der Waals surface area contributed by atoms with Crippen molar-refractivity contribution in [1.82, 2.24) is 0 Å². The minimum Gasteiger partial charge on any atom is -0.545 e. The Hall–Kier alpha value is -1.40. The van der Waals surface area contributed by atoms with Crippen molar-refractivity contribution in [2.45, 2.75) is 25.7 Å². The zero-order chi connectivity index (χ0) is 14.0. The summed E-state index contributed by atoms with van der Waals surface area (Å²) in [6.45, 7) is 0.315. The van der Waals surface area contributed by atoms with Gasteiger partial charge in [0.05, 0.1) is 20.1 Å². The van der Waals surface area contributed by atoms with Crippen LogP contribution >= 0.6 is 11.3 Å². The number of likely N-dealkylation sites (N-methyl/N-ethyl adjacent to an activating group) is 1. The van der Waals surface area contributed by atoms with Crippen molar-refractivity contribution in [2.75, 3.05) is 26.0 Å². The Balaban J connectivity index is 2.27. The summed E-state index contributed by atoms with van der Waals surface area (Å²) in [4.78, 5) is 25.1. The number of nitrogens with one attached hydrogen (secondary N) is 2. The molecule has 0 saturated heterocycles. The smallest absolute Gasteiger partial charge is 0.280 e. The van der Waals surface area contributed by atoms with Crippen LogP contribution in [0.2, 0.25) is 0 Å². The van der Waals surface area contributed by atoms with Crippen molar-refractivity contribution >= 4 is 28.2 Å². The average Bonchev–Trinajstić information content (AvgIpc) is 2.64. The number of hydrogen-bond acceptors (Lipinski definition) is 4. The molecular weight excluding hydrogens is 264 g/mol. The van der Waals surface area contributed by atoms with Gasteiger partial charge in [-0.05, 0) is 31.2 Å². The zero-order valence-corrected chi connectivity index (χ0v) is 12.0. The van der Waals surface area contributed by atoms with Gasteiger partial charge in [-0.25, -0.2) is 0 Å². The number of rotatable bonds is 4. The van der Waals surface area contributed by atoms with Gasteiger partial charge in [0.1, 0.15) is 5.00 Å². The number of carbonyl (C=O) groups excluding carboxylic acids is 2. The van der Waals surface area contributed by atoms with Gasteiger partial charge in [0, 0.05) is 10.4 Å². The van der Waals surface area contributed by atoms with Crippen LogP contribution in [0, 0.1) is 0 Å². The monoisotopic (exact) mass is 282 g/mol. The summed E-state index contributed by atoms with van der Waals surface area (Å²) in [7, 11) is 3.75. The maximum Gasteiger partial charge on any atom is 0.280 e. The predicted octanol–water partition coefficient (Wildman–Crippen LogP) is -0.927. The standard InChI is InChI=1S/C13H18N2O3S/c1-15(2)7-10(16)14-12-11(13(17)18)8-5-3-4-6-9(8)19-12/h3-7H2,1-2H3,(H,14,16)(H,17,18). The van der Waals surface area contributed by atoms with E-state index in [9.17, 15) is 14.7 Å². The van der Waals surface area contributed by atoms with Gasteiger partial charge in [0.25, 0.3) is 5.91 Å². The van der Waals surface area contributed by atoms with Crippen LogP contribution < -0.4 is 15.3 Å². The third kappa shape index (κ3) is 3.13. The molecule has 5 nitrogen and oxygen atoms in total. The van der Waals surface area contributed by atoms with E-state index in [1.807, 2.05) is 14.1 Å². The van der Waals surface area contributed by atoms with Gasteiger partial charge < -0.3 is 20.1 Å². The van der Waals surface area contributed by atoms with E-state index in [1.54, 1.807) is 0 Å². The number of aryl methyl sites for hydroxylation is 1. The third-order valence-electron chi connectivity index (χ3n) is 3.14. The Morgan fingerprint density at radius 1 is 1.32 bits per heavy atom. The number of fused-ring (bicyclic) bond motifs is 1. The first-order chi connectivity index (χ1) is 8.99. The Morgan fingerprint density at radius 2 is 2.00 bits per heavy atom. The highest BCUT2D eigenvalue weighted by molar-refractivity contribution is 7.17. The molecule has 19 heavy (non-hydrogen) atoms. The van der Waals surface area contributed by atoms with Crippen LogP contribution in [-0.4, -0.2) is 32.5 Å². The van der Waals surface area contributed by atoms with E-state index >= 15 is 0 Å². The number of carbonyl (C=O) groups is 2. The van der Waals surface area contributed by atoms with E-state index in [-0.39, 0.29) is 11.5 Å². The van der Waals surface area contributed by atoms with Crippen LogP contribution in [0.3, 0.4) is 0 Å². The Kier molecular flexibility index (Phi) is 4.21. The van der Waals surface area contributed by atoms with Crippen molar-refractivity contribution in [1.29, 1.82) is 0 Å². The molecule has 1 amide bonds. The fourth-order valence-corrected chi connectivity index (χ4v) is 3.66. The van der Waals surface area contributed by atoms with Gasteiger partial charge in [0.2, 0.25) is 0 Å². The number of thiophene rings is 1. The fourth-order valence-electron chi connectivity index (χ4n) is 2.36. The van der Waals surface area contributed by atoms with Gasteiger partial charge in [-0.1, -0.05) is 0 Å². The van der Waals surface area contributed by atoms with E-state index in [1.165, 1.54) is 11.3 Å². The van der Waals surface area contributed by atoms with E-state index < -0.39 is 5.97 Å². The van der Waals surface area contributed by atoms with Crippen LogP contribution in [0.1, 0.15) is 33.6 Å². The van der Waals surface area contributed by atoms with Crippen molar-refractivity contribution in [3.05, 3.63) is 16.0 Å². The molecule has 1 aromatic heterocycles. The minimum absolute atomic E-state index is 0.166. The second-order valence-corrected chi connectivity index (χ2v) is 6.24. The Bertz CT molecular complexity index is 508. The number of carboxylic acids is 1. The number of aromatic carboxylic acids is 1. The molecule has 2 N–H and O–H groups in total. The van der Waals surface area contributed by atoms with Crippen molar-refractivity contribution in [3.63, 3.8) is 0 Å². The molecule has 0 radical (unpaired) electrons. The summed E-state index contributed by atoms with van der Waals surface area (Å²) in [5, 5.41) is 14.5. The lowest BCUT2D eigenvalue weighted by atomic mass is 9.95. The maximum absolute atomic E-state index is 11.8. The zero-order valence-electron chi connectivity index (χ0n) is 11.2. The molecule has 0 unspecified atom stereocenters. The molecule has 1 aliphatic rings. The largest absolute Gasteiger partial charge is 0.545 e. The van der Waals surface area contributed by atoms with E-state index in [0.717, 1.165) is 41.0 Å². The molecule has 104 valence electrons. The van der Waals surface area contributed by atoms with E-state index in [4.69, 9.17) is 0 Å². The van der Waals surface area contributed by atoms with Crippen LogP contribution in [0.4, 0.5) is 5.00 Å². The third-order valence-corrected chi connectivity index (χ3v) is 4.35. The van der Waals surface area contributed by atoms with Crippen LogP contribution in [0.25, 0.3) is 0 Å². The molecule has 0 aromatic carbocycles. The summed E-state index contributed by atoms with van der Waals surface area (Å²) in [6, 6.07) is 0. The van der Waals surface area contributed by atoms with Crippen molar-refractivity contribution in [3.8, 4) is 0 Å². The predicted molar refractivity (Wildman–Crippen MR) is 71.6 cm³/mol. The second-order valence-electron chi connectivity index (χ2n) is 5.13. The molecule has 0 bridgehead atoms.